The van der Waals surface area contributed by atoms with Crippen LogP contribution in [0.5, 0.6) is 0 Å². The third kappa shape index (κ3) is 3.85. The van der Waals surface area contributed by atoms with Gasteiger partial charge in [0.15, 0.2) is 0 Å². The standard InChI is InChI=1S/C17H18N4O3S/c1-12(14-7-4-5-10-18-14)20-16(22)9-11-19-17-13-6-2-3-8-15(13)25(23,24)21-17/h2-8,10,12H,9,11H2,1H3,(H,19,21)(H,20,22). The third-order valence-corrected chi connectivity index (χ3v) is 5.18. The van der Waals surface area contributed by atoms with Crippen molar-refractivity contribution >= 4 is 21.8 Å². The summed E-state index contributed by atoms with van der Waals surface area (Å²) >= 11 is 0. The van der Waals surface area contributed by atoms with Crippen LogP contribution in [-0.2, 0) is 14.8 Å². The first-order valence-electron chi connectivity index (χ1n) is 7.84. The highest BCUT2D eigenvalue weighted by molar-refractivity contribution is 7.90. The van der Waals surface area contributed by atoms with Crippen molar-refractivity contribution in [3.63, 3.8) is 0 Å². The highest BCUT2D eigenvalue weighted by Crippen LogP contribution is 2.22. The number of amidine groups is 1. The lowest BCUT2D eigenvalue weighted by atomic mass is 10.2. The van der Waals surface area contributed by atoms with Crippen LogP contribution in [0.15, 0.2) is 58.5 Å². The molecule has 25 heavy (non-hydrogen) atoms. The van der Waals surface area contributed by atoms with Crippen LogP contribution in [0, 0.1) is 0 Å². The fourth-order valence-corrected chi connectivity index (χ4v) is 3.79. The maximum absolute atomic E-state index is 12.0. The van der Waals surface area contributed by atoms with Crippen LogP contribution in [0.2, 0.25) is 0 Å². The average Bonchev–Trinajstić information content (AvgIpc) is 2.87. The summed E-state index contributed by atoms with van der Waals surface area (Å²) in [7, 11) is -3.55. The Morgan fingerprint density at radius 1 is 1.24 bits per heavy atom. The average molecular weight is 358 g/mol. The molecule has 1 amide bonds. The molecule has 1 unspecified atom stereocenters. The van der Waals surface area contributed by atoms with Crippen molar-refractivity contribution in [2.24, 2.45) is 4.99 Å². The number of hydrogen-bond acceptors (Lipinski definition) is 5. The summed E-state index contributed by atoms with van der Waals surface area (Å²) in [5.41, 5.74) is 1.31. The summed E-state index contributed by atoms with van der Waals surface area (Å²) in [6.07, 6.45) is 1.83. The molecular weight excluding hydrogens is 340 g/mol. The molecule has 0 radical (unpaired) electrons. The number of amides is 1. The number of benzene rings is 1. The topological polar surface area (TPSA) is 101 Å². The molecule has 7 nitrogen and oxygen atoms in total. The summed E-state index contributed by atoms with van der Waals surface area (Å²) in [6, 6.07) is 11.9. The van der Waals surface area contributed by atoms with Gasteiger partial charge in [0.2, 0.25) is 5.91 Å². The van der Waals surface area contributed by atoms with E-state index in [0.717, 1.165) is 5.69 Å². The minimum Gasteiger partial charge on any atom is -0.348 e. The maximum atomic E-state index is 12.0. The molecule has 0 spiro atoms. The molecule has 1 aromatic carbocycles. The number of hydrogen-bond donors (Lipinski definition) is 2. The first-order valence-corrected chi connectivity index (χ1v) is 9.32. The van der Waals surface area contributed by atoms with Crippen LogP contribution >= 0.6 is 0 Å². The minimum atomic E-state index is -3.55. The molecule has 1 aliphatic rings. The van der Waals surface area contributed by atoms with E-state index in [1.807, 2.05) is 25.1 Å². The van der Waals surface area contributed by atoms with E-state index in [4.69, 9.17) is 0 Å². The van der Waals surface area contributed by atoms with Gasteiger partial charge in [0.05, 0.1) is 23.2 Å². The summed E-state index contributed by atoms with van der Waals surface area (Å²) in [5, 5.41) is 2.85. The van der Waals surface area contributed by atoms with Gasteiger partial charge in [-0.1, -0.05) is 18.2 Å². The van der Waals surface area contributed by atoms with E-state index in [2.05, 4.69) is 20.0 Å². The Kier molecular flexibility index (Phi) is 4.80. The smallest absolute Gasteiger partial charge is 0.263 e. The molecule has 130 valence electrons. The van der Waals surface area contributed by atoms with Crippen molar-refractivity contribution in [2.75, 3.05) is 6.54 Å². The molecule has 2 aromatic rings. The van der Waals surface area contributed by atoms with Crippen molar-refractivity contribution in [1.29, 1.82) is 0 Å². The highest BCUT2D eigenvalue weighted by atomic mass is 32.2. The van der Waals surface area contributed by atoms with Gasteiger partial charge in [-0.15, -0.1) is 0 Å². The van der Waals surface area contributed by atoms with Crippen molar-refractivity contribution in [1.82, 2.24) is 15.0 Å². The normalized spacial score (nSPS) is 17.6. The molecule has 0 saturated carbocycles. The number of carbonyl (C=O) groups is 1. The lowest BCUT2D eigenvalue weighted by Gasteiger charge is -2.12. The van der Waals surface area contributed by atoms with Crippen molar-refractivity contribution in [3.8, 4) is 0 Å². The summed E-state index contributed by atoms with van der Waals surface area (Å²) < 4.78 is 26.4. The van der Waals surface area contributed by atoms with E-state index in [9.17, 15) is 13.2 Å². The van der Waals surface area contributed by atoms with E-state index < -0.39 is 10.0 Å². The van der Waals surface area contributed by atoms with Crippen LogP contribution in [0.1, 0.15) is 30.6 Å². The predicted octanol–water partition coefficient (Wildman–Crippen LogP) is 1.39. The van der Waals surface area contributed by atoms with Gasteiger partial charge in [-0.25, -0.2) is 8.42 Å². The van der Waals surface area contributed by atoms with Crippen LogP contribution in [0.3, 0.4) is 0 Å². The predicted molar refractivity (Wildman–Crippen MR) is 93.6 cm³/mol. The Hall–Kier alpha value is -2.74. The number of rotatable bonds is 5. The van der Waals surface area contributed by atoms with E-state index >= 15 is 0 Å². The lowest BCUT2D eigenvalue weighted by molar-refractivity contribution is -0.121. The number of aliphatic imine (C=N–C) groups is 1. The molecule has 1 aliphatic heterocycles. The Bertz CT molecular complexity index is 911. The first kappa shape index (κ1) is 17.1. The van der Waals surface area contributed by atoms with Crippen LogP contribution in [-0.4, -0.2) is 31.7 Å². The Morgan fingerprint density at radius 2 is 2.00 bits per heavy atom. The Labute approximate surface area is 146 Å². The second-order valence-electron chi connectivity index (χ2n) is 5.63. The van der Waals surface area contributed by atoms with Crippen molar-refractivity contribution in [3.05, 3.63) is 59.9 Å². The van der Waals surface area contributed by atoms with E-state index in [1.54, 1.807) is 24.4 Å². The number of pyridine rings is 1. The molecule has 0 bridgehead atoms. The summed E-state index contributed by atoms with van der Waals surface area (Å²) in [5.74, 6) is 0.109. The number of sulfonamides is 1. The summed E-state index contributed by atoms with van der Waals surface area (Å²) in [6.45, 7) is 2.04. The Balaban J connectivity index is 1.60. The number of nitrogens with one attached hydrogen (secondary N) is 2. The van der Waals surface area contributed by atoms with E-state index in [1.165, 1.54) is 6.07 Å². The molecule has 0 fully saturated rings. The van der Waals surface area contributed by atoms with Gasteiger partial charge < -0.3 is 5.32 Å². The van der Waals surface area contributed by atoms with Gasteiger partial charge in [0.25, 0.3) is 10.0 Å². The maximum Gasteiger partial charge on any atom is 0.263 e. The van der Waals surface area contributed by atoms with Gasteiger partial charge in [-0.05, 0) is 31.2 Å². The van der Waals surface area contributed by atoms with Crippen molar-refractivity contribution < 1.29 is 13.2 Å². The van der Waals surface area contributed by atoms with Gasteiger partial charge >= 0.3 is 0 Å². The molecule has 8 heteroatoms. The molecule has 1 atom stereocenters. The van der Waals surface area contributed by atoms with Crippen molar-refractivity contribution in [2.45, 2.75) is 24.3 Å². The van der Waals surface area contributed by atoms with Gasteiger partial charge in [0.1, 0.15) is 5.84 Å². The highest BCUT2D eigenvalue weighted by Gasteiger charge is 2.29. The fourth-order valence-electron chi connectivity index (χ4n) is 2.54. The van der Waals surface area contributed by atoms with Crippen LogP contribution in [0.4, 0.5) is 0 Å². The Morgan fingerprint density at radius 3 is 2.76 bits per heavy atom. The quantitative estimate of drug-likeness (QED) is 0.843. The SMILES string of the molecule is CC(NC(=O)CCN=C1NS(=O)(=O)c2ccccc21)c1ccccn1. The molecule has 3 rings (SSSR count). The second kappa shape index (κ2) is 7.02. The molecule has 0 saturated heterocycles. The number of aromatic nitrogens is 1. The zero-order valence-electron chi connectivity index (χ0n) is 13.6. The van der Waals surface area contributed by atoms with Gasteiger partial charge in [-0.3, -0.25) is 19.5 Å². The number of fused-ring (bicyclic) bond motifs is 1. The van der Waals surface area contributed by atoms with E-state index in [-0.39, 0.29) is 35.6 Å². The number of carbonyl (C=O) groups excluding carboxylic acids is 1. The fraction of sp³-hybridized carbons (Fsp3) is 0.235. The molecule has 0 aliphatic carbocycles. The largest absolute Gasteiger partial charge is 0.348 e. The lowest BCUT2D eigenvalue weighted by Crippen LogP contribution is -2.28. The van der Waals surface area contributed by atoms with Gasteiger partial charge in [0, 0.05) is 18.2 Å². The monoisotopic (exact) mass is 358 g/mol. The van der Waals surface area contributed by atoms with Crippen LogP contribution in [0.25, 0.3) is 0 Å². The van der Waals surface area contributed by atoms with E-state index in [0.29, 0.717) is 5.56 Å². The molecule has 2 heterocycles. The second-order valence-corrected chi connectivity index (χ2v) is 7.28. The zero-order chi connectivity index (χ0) is 17.9. The number of nitrogens with zero attached hydrogens (tertiary/aromatic N) is 2. The zero-order valence-corrected chi connectivity index (χ0v) is 14.5. The molecular formula is C17H18N4O3S. The first-order chi connectivity index (χ1) is 12.0. The molecule has 1 aromatic heterocycles. The summed E-state index contributed by atoms with van der Waals surface area (Å²) in [4.78, 5) is 20.7. The minimum absolute atomic E-state index is 0.157. The van der Waals surface area contributed by atoms with Gasteiger partial charge in [-0.2, -0.15) is 0 Å². The molecule has 2 N–H and O–H groups in total. The van der Waals surface area contributed by atoms with Crippen LogP contribution < -0.4 is 10.0 Å². The third-order valence-electron chi connectivity index (χ3n) is 3.78.